The minimum atomic E-state index is -0.580. The Morgan fingerprint density at radius 2 is 2.15 bits per heavy atom. The highest BCUT2D eigenvalue weighted by Crippen LogP contribution is 2.46. The van der Waals surface area contributed by atoms with Crippen molar-refractivity contribution in [3.8, 4) is 17.7 Å². The molecule has 0 aliphatic carbocycles. The predicted molar refractivity (Wildman–Crippen MR) is 127 cm³/mol. The largest absolute Gasteiger partial charge is 0.483 e. The summed E-state index contributed by atoms with van der Waals surface area (Å²) >= 11 is 9.51. The number of ether oxygens (including phenoxy) is 2. The molecular weight excluding hydrogens is 510 g/mol. The summed E-state index contributed by atoms with van der Waals surface area (Å²) in [5, 5.41) is 20.1. The normalized spacial score (nSPS) is 14.8. The van der Waals surface area contributed by atoms with Gasteiger partial charge in [0.1, 0.15) is 17.4 Å². The quantitative estimate of drug-likeness (QED) is 0.441. The maximum Gasteiger partial charge on any atom is 0.262 e. The lowest BCUT2D eigenvalue weighted by atomic mass is 9.83. The second-order valence-electron chi connectivity index (χ2n) is 7.47. The summed E-state index contributed by atoms with van der Waals surface area (Å²) in [6.07, 6.45) is 0. The van der Waals surface area contributed by atoms with Crippen LogP contribution in [0.15, 0.2) is 52.3 Å². The number of nitrogens with two attached hydrogens (primary N) is 1. The number of benzene rings is 2. The Morgan fingerprint density at radius 3 is 2.91 bits per heavy atom. The second-order valence-corrected chi connectivity index (χ2v) is 8.82. The number of hydrogen-bond donors (Lipinski definition) is 3. The van der Waals surface area contributed by atoms with E-state index in [0.717, 1.165) is 15.7 Å². The smallest absolute Gasteiger partial charge is 0.262 e. The molecule has 0 saturated carbocycles. The monoisotopic (exact) mass is 527 g/mol. The SMILES string of the molecule is Cc1ccc(Cl)cc1NC(=O)COc1ccc(Br)cc1C1C(C#N)=C(N)Oc2n[nH]c(C)c21. The third-order valence-electron chi connectivity index (χ3n) is 5.24. The van der Waals surface area contributed by atoms with Crippen LogP contribution >= 0.6 is 27.5 Å². The van der Waals surface area contributed by atoms with Gasteiger partial charge in [-0.05, 0) is 49.7 Å². The number of nitrogens with one attached hydrogen (secondary N) is 2. The van der Waals surface area contributed by atoms with Gasteiger partial charge in [-0.25, -0.2) is 0 Å². The van der Waals surface area contributed by atoms with Gasteiger partial charge in [0.15, 0.2) is 6.61 Å². The number of fused-ring (bicyclic) bond motifs is 1. The Bertz CT molecular complexity index is 1330. The number of carbonyl (C=O) groups is 1. The molecule has 10 heteroatoms. The lowest BCUT2D eigenvalue weighted by Gasteiger charge is -2.25. The van der Waals surface area contributed by atoms with Gasteiger partial charge in [-0.3, -0.25) is 9.89 Å². The van der Waals surface area contributed by atoms with Crippen molar-refractivity contribution < 1.29 is 14.3 Å². The number of carbonyl (C=O) groups excluding carboxylic acids is 1. The Balaban J connectivity index is 1.65. The first kappa shape index (κ1) is 22.7. The zero-order valence-corrected chi connectivity index (χ0v) is 20.0. The van der Waals surface area contributed by atoms with Gasteiger partial charge in [-0.15, -0.1) is 5.10 Å². The third kappa shape index (κ3) is 4.53. The molecule has 1 aromatic heterocycles. The summed E-state index contributed by atoms with van der Waals surface area (Å²) in [5.74, 6) is -0.231. The van der Waals surface area contributed by atoms with E-state index >= 15 is 0 Å². The molecule has 1 aliphatic heterocycles. The van der Waals surface area contributed by atoms with Gasteiger partial charge in [0, 0.05) is 32.0 Å². The molecule has 1 atom stereocenters. The third-order valence-corrected chi connectivity index (χ3v) is 5.97. The van der Waals surface area contributed by atoms with E-state index in [9.17, 15) is 10.1 Å². The molecule has 33 heavy (non-hydrogen) atoms. The van der Waals surface area contributed by atoms with Crippen LogP contribution in [0.2, 0.25) is 5.02 Å². The van der Waals surface area contributed by atoms with E-state index in [-0.39, 0.29) is 24.0 Å². The molecule has 2 heterocycles. The molecule has 2 aromatic carbocycles. The highest BCUT2D eigenvalue weighted by atomic mass is 79.9. The van der Waals surface area contributed by atoms with Crippen molar-refractivity contribution >= 4 is 39.1 Å². The first-order valence-electron chi connectivity index (χ1n) is 9.89. The van der Waals surface area contributed by atoms with E-state index in [2.05, 4.69) is 37.5 Å². The van der Waals surface area contributed by atoms with Crippen molar-refractivity contribution in [1.29, 1.82) is 5.26 Å². The van der Waals surface area contributed by atoms with Crippen molar-refractivity contribution in [2.24, 2.45) is 5.73 Å². The fourth-order valence-electron chi connectivity index (χ4n) is 3.64. The molecule has 1 unspecified atom stereocenters. The summed E-state index contributed by atoms with van der Waals surface area (Å²) in [6.45, 7) is 3.45. The average molecular weight is 529 g/mol. The van der Waals surface area contributed by atoms with Crippen molar-refractivity contribution in [3.63, 3.8) is 0 Å². The van der Waals surface area contributed by atoms with Gasteiger partial charge in [-0.2, -0.15) is 5.26 Å². The van der Waals surface area contributed by atoms with Crippen LogP contribution in [0.1, 0.15) is 28.3 Å². The number of anilines is 1. The molecule has 0 radical (unpaired) electrons. The second kappa shape index (κ2) is 9.17. The molecule has 8 nitrogen and oxygen atoms in total. The number of halogens is 2. The van der Waals surface area contributed by atoms with Gasteiger partial charge >= 0.3 is 0 Å². The molecule has 0 bridgehead atoms. The van der Waals surface area contributed by atoms with Crippen molar-refractivity contribution in [2.45, 2.75) is 19.8 Å². The van der Waals surface area contributed by atoms with Crippen molar-refractivity contribution in [3.05, 3.63) is 79.7 Å². The Kier molecular flexibility index (Phi) is 6.31. The number of aromatic nitrogens is 2. The molecule has 1 amide bonds. The van der Waals surface area contributed by atoms with Gasteiger partial charge in [0.2, 0.25) is 11.8 Å². The molecule has 168 valence electrons. The zero-order valence-electron chi connectivity index (χ0n) is 17.7. The van der Waals surface area contributed by atoms with Crippen molar-refractivity contribution in [1.82, 2.24) is 10.2 Å². The highest BCUT2D eigenvalue weighted by Gasteiger charge is 2.36. The average Bonchev–Trinajstić information content (AvgIpc) is 3.14. The summed E-state index contributed by atoms with van der Waals surface area (Å²) in [6, 6.07) is 12.7. The van der Waals surface area contributed by atoms with E-state index in [0.29, 0.717) is 33.5 Å². The molecule has 0 fully saturated rings. The summed E-state index contributed by atoms with van der Waals surface area (Å²) in [4.78, 5) is 12.6. The van der Waals surface area contributed by atoms with Crippen LogP contribution in [0.3, 0.4) is 0 Å². The Labute approximate surface area is 203 Å². The maximum absolute atomic E-state index is 12.6. The molecule has 4 rings (SSSR count). The van der Waals surface area contributed by atoms with Gasteiger partial charge in [0.05, 0.1) is 5.92 Å². The summed E-state index contributed by atoms with van der Waals surface area (Å²) < 4.78 is 12.2. The first-order valence-corrected chi connectivity index (χ1v) is 11.1. The van der Waals surface area contributed by atoms with E-state index in [1.165, 1.54) is 0 Å². The number of H-pyrrole nitrogens is 1. The van der Waals surface area contributed by atoms with E-state index < -0.39 is 5.92 Å². The van der Waals surface area contributed by atoms with Crippen LogP contribution in [-0.2, 0) is 4.79 Å². The van der Waals surface area contributed by atoms with Crippen LogP contribution in [0.5, 0.6) is 11.6 Å². The number of aryl methyl sites for hydroxylation is 2. The first-order chi connectivity index (χ1) is 15.8. The number of allylic oxidation sites excluding steroid dienone is 1. The van der Waals surface area contributed by atoms with E-state index in [1.54, 1.807) is 24.3 Å². The zero-order chi connectivity index (χ0) is 23.7. The van der Waals surface area contributed by atoms with Crippen LogP contribution in [0.25, 0.3) is 0 Å². The number of nitrogens with zero attached hydrogens (tertiary/aromatic N) is 2. The number of aromatic amines is 1. The lowest BCUT2D eigenvalue weighted by Crippen LogP contribution is -2.23. The summed E-state index contributed by atoms with van der Waals surface area (Å²) in [7, 11) is 0. The Morgan fingerprint density at radius 1 is 1.36 bits per heavy atom. The predicted octanol–water partition coefficient (Wildman–Crippen LogP) is 4.68. The lowest BCUT2D eigenvalue weighted by molar-refractivity contribution is -0.118. The van der Waals surface area contributed by atoms with Crippen molar-refractivity contribution in [2.75, 3.05) is 11.9 Å². The molecular formula is C23H19BrClN5O3. The number of hydrogen-bond acceptors (Lipinski definition) is 6. The molecule has 4 N–H and O–H groups in total. The van der Waals surface area contributed by atoms with Crippen LogP contribution in [0, 0.1) is 25.2 Å². The van der Waals surface area contributed by atoms with Crippen LogP contribution < -0.4 is 20.5 Å². The minimum absolute atomic E-state index is 0.0263. The van der Waals surface area contributed by atoms with Crippen LogP contribution in [0.4, 0.5) is 5.69 Å². The maximum atomic E-state index is 12.6. The molecule has 3 aromatic rings. The fraction of sp³-hybridized carbons (Fsp3) is 0.174. The fourth-order valence-corrected chi connectivity index (χ4v) is 4.20. The van der Waals surface area contributed by atoms with E-state index in [1.807, 2.05) is 26.0 Å². The van der Waals surface area contributed by atoms with Gasteiger partial charge in [0.25, 0.3) is 5.91 Å². The van der Waals surface area contributed by atoms with E-state index in [4.69, 9.17) is 26.8 Å². The standard InChI is InChI=1S/C23H19BrClN5O3/c1-11-3-5-14(25)8-17(11)28-19(31)10-32-18-6-4-13(24)7-15(18)21-16(9-26)22(27)33-23-20(21)12(2)29-30-23/h3-8,21H,10,27H2,1-2H3,(H,28,31)(H,29,30). The molecule has 1 aliphatic rings. The molecule has 0 spiro atoms. The Hall–Kier alpha value is -3.48. The highest BCUT2D eigenvalue weighted by molar-refractivity contribution is 9.10. The topological polar surface area (TPSA) is 126 Å². The number of nitriles is 1. The summed E-state index contributed by atoms with van der Waals surface area (Å²) in [5.41, 5.74) is 9.79. The minimum Gasteiger partial charge on any atom is -0.483 e. The van der Waals surface area contributed by atoms with Gasteiger partial charge < -0.3 is 20.5 Å². The van der Waals surface area contributed by atoms with Crippen LogP contribution in [-0.4, -0.2) is 22.7 Å². The van der Waals surface area contributed by atoms with Gasteiger partial charge in [-0.1, -0.05) is 33.6 Å². The molecule has 0 saturated heterocycles. The number of amides is 1. The number of rotatable bonds is 5.